The number of hydrogen-bond donors (Lipinski definition) is 0. The third-order valence-electron chi connectivity index (χ3n) is 29.1. The van der Waals surface area contributed by atoms with Crippen molar-refractivity contribution in [2.75, 3.05) is 0 Å². The molecule has 24 aromatic carbocycles. The van der Waals surface area contributed by atoms with Crippen LogP contribution in [-0.2, 0) is 0 Å². The summed E-state index contributed by atoms with van der Waals surface area (Å²) in [7, 11) is 0. The number of hydrogen-bond acceptors (Lipinski definition) is 9. The molecule has 0 radical (unpaired) electrons. The maximum Gasteiger partial charge on any atom is 0.143 e. The second kappa shape index (κ2) is 35.8. The van der Waals surface area contributed by atoms with Gasteiger partial charge < -0.3 is 13.3 Å². The Kier molecular flexibility index (Phi) is 20.8. The van der Waals surface area contributed by atoms with Crippen molar-refractivity contribution < 1.29 is 13.3 Å². The van der Waals surface area contributed by atoms with Crippen LogP contribution in [0.1, 0.15) is 0 Å². The second-order valence-corrected chi connectivity index (χ2v) is 37.7. The summed E-state index contributed by atoms with van der Waals surface area (Å²) in [6.45, 7) is 0. The number of furan rings is 3. The molecular weight excluding hydrogens is 1790 g/mol. The average Bonchev–Trinajstić information content (AvgIpc) is 1.56. The van der Waals surface area contributed by atoms with Gasteiger partial charge in [0.1, 0.15) is 33.5 Å². The minimum atomic E-state index is 0.828. The molecule has 9 nitrogen and oxygen atoms in total. The molecule has 0 saturated carbocycles. The van der Waals surface area contributed by atoms with Crippen LogP contribution in [0.3, 0.4) is 0 Å². The highest BCUT2D eigenvalue weighted by Crippen LogP contribution is 2.50. The zero-order valence-electron chi connectivity index (χ0n) is 79.4. The Morgan fingerprint density at radius 3 is 0.701 bits per heavy atom. The molecular formula is C138H84N6O3. The molecule has 9 heteroatoms. The molecule has 684 valence electrons. The number of fused-ring (bicyclic) bond motifs is 27. The van der Waals surface area contributed by atoms with Gasteiger partial charge >= 0.3 is 0 Å². The number of rotatable bonds is 12. The van der Waals surface area contributed by atoms with Gasteiger partial charge in [-0.1, -0.05) is 425 Å². The van der Waals surface area contributed by atoms with Gasteiger partial charge in [-0.3, -0.25) is 15.0 Å². The molecule has 0 saturated heterocycles. The Labute approximate surface area is 844 Å². The molecule has 0 aliphatic rings. The third-order valence-corrected chi connectivity index (χ3v) is 29.1. The molecule has 0 atom stereocenters. The van der Waals surface area contributed by atoms with Crippen LogP contribution >= 0.6 is 0 Å². The fourth-order valence-corrected chi connectivity index (χ4v) is 22.0. The van der Waals surface area contributed by atoms with Crippen LogP contribution in [0, 0.1) is 0 Å². The molecule has 0 aliphatic heterocycles. The fraction of sp³-hybridized carbons (Fsp3) is 0. The quantitative estimate of drug-likeness (QED) is 0.110. The fourth-order valence-electron chi connectivity index (χ4n) is 22.0. The summed E-state index contributed by atoms with van der Waals surface area (Å²) in [5, 5.41) is 20.4. The molecule has 30 aromatic rings. The minimum Gasteiger partial charge on any atom is -0.455 e. The first kappa shape index (κ1) is 85.3. The van der Waals surface area contributed by atoms with Crippen LogP contribution in [0.25, 0.3) is 297 Å². The monoisotopic (exact) mass is 1870 g/mol. The Morgan fingerprint density at radius 1 is 0.122 bits per heavy atom. The Balaban J connectivity index is 0.000000107. The summed E-state index contributed by atoms with van der Waals surface area (Å²) in [6.07, 6.45) is 5.72. The first-order chi connectivity index (χ1) is 72.9. The smallest absolute Gasteiger partial charge is 0.143 e. The Bertz CT molecular complexity index is 10400. The number of nitrogens with zero attached hydrogens (tertiary/aromatic N) is 6. The van der Waals surface area contributed by atoms with E-state index in [0.717, 1.165) is 248 Å². The molecule has 30 rings (SSSR count). The Hall–Kier alpha value is -19.7. The molecule has 0 unspecified atom stereocenters. The summed E-state index contributed by atoms with van der Waals surface area (Å²) >= 11 is 0. The standard InChI is InChI=1S/C52H32N2O.C46H28N2O.C40H24N2O/c1-4-15-33(16-5-1)38-28-44(35-19-8-3-9-20-35)51-46(30-38)47-31-39(34-17-6-2-7-18-34)29-45(52(47)55-51)36-21-14-22-37(27-36)48-32-53-49-42-25-12-10-23-40(42)41-24-11-13-26-43(41)50(49)54-48;1-3-12-29(13-4-1)31-22-23-43-40(25-31)41-27-34(30-14-5-2-6-15-30)26-39(46(41)49-43)32-16-11-17-33(24-32)42-28-47-44-37-20-9-7-18-35(37)36-19-8-10-21-38(36)45(44)48-42;1-2-11-25(12-3-1)28-19-9-21-34-35-22-10-20-29(40(35)43-39(28)34)26-13-8-14-27(23-26)36-24-41-37-32-17-6-4-15-30(32)31-16-5-7-18-33(31)38(37)42-36/h1-32H;1-28H;1-24H. The van der Waals surface area contributed by atoms with Crippen molar-refractivity contribution in [3.05, 3.63) is 510 Å². The van der Waals surface area contributed by atoms with Gasteiger partial charge in [0, 0.05) is 109 Å². The van der Waals surface area contributed by atoms with Gasteiger partial charge in [0.15, 0.2) is 0 Å². The van der Waals surface area contributed by atoms with Crippen LogP contribution in [0.4, 0.5) is 0 Å². The first-order valence-corrected chi connectivity index (χ1v) is 49.7. The van der Waals surface area contributed by atoms with Gasteiger partial charge in [0.2, 0.25) is 0 Å². The van der Waals surface area contributed by atoms with Gasteiger partial charge in [0.25, 0.3) is 0 Å². The molecule has 147 heavy (non-hydrogen) atoms. The Morgan fingerprint density at radius 2 is 0.354 bits per heavy atom. The van der Waals surface area contributed by atoms with Crippen molar-refractivity contribution in [2.24, 2.45) is 0 Å². The molecule has 0 spiro atoms. The van der Waals surface area contributed by atoms with Crippen molar-refractivity contribution in [1.29, 1.82) is 0 Å². The van der Waals surface area contributed by atoms with Crippen LogP contribution in [0.2, 0.25) is 0 Å². The molecule has 0 bridgehead atoms. The summed E-state index contributed by atoms with van der Waals surface area (Å²) in [6, 6.07) is 173. The largest absolute Gasteiger partial charge is 0.455 e. The number of benzene rings is 24. The van der Waals surface area contributed by atoms with E-state index in [1.54, 1.807) is 0 Å². The maximum atomic E-state index is 7.07. The van der Waals surface area contributed by atoms with Gasteiger partial charge in [-0.15, -0.1) is 0 Å². The van der Waals surface area contributed by atoms with E-state index in [9.17, 15) is 0 Å². The van der Waals surface area contributed by atoms with E-state index in [0.29, 0.717) is 0 Å². The topological polar surface area (TPSA) is 117 Å². The van der Waals surface area contributed by atoms with Gasteiger partial charge in [-0.2, -0.15) is 0 Å². The molecule has 6 aromatic heterocycles. The molecule has 0 amide bonds. The highest BCUT2D eigenvalue weighted by molar-refractivity contribution is 6.27. The highest BCUT2D eigenvalue weighted by Gasteiger charge is 2.26. The van der Waals surface area contributed by atoms with Crippen molar-refractivity contribution in [3.63, 3.8) is 0 Å². The zero-order chi connectivity index (χ0) is 96.9. The molecule has 0 fully saturated rings. The molecule has 6 heterocycles. The maximum absolute atomic E-state index is 7.07. The van der Waals surface area contributed by atoms with E-state index in [4.69, 9.17) is 43.2 Å². The predicted octanol–water partition coefficient (Wildman–Crippen LogP) is 37.5. The lowest BCUT2D eigenvalue weighted by Crippen LogP contribution is -1.92. The van der Waals surface area contributed by atoms with Crippen molar-refractivity contribution in [3.8, 4) is 134 Å². The number of aromatic nitrogens is 6. The van der Waals surface area contributed by atoms with Crippen LogP contribution in [0.5, 0.6) is 0 Å². The van der Waals surface area contributed by atoms with Gasteiger partial charge in [-0.05, 0) is 171 Å². The van der Waals surface area contributed by atoms with Crippen LogP contribution in [0.15, 0.2) is 523 Å². The van der Waals surface area contributed by atoms with E-state index in [1.165, 1.54) is 49.0 Å². The summed E-state index contributed by atoms with van der Waals surface area (Å²) in [5.74, 6) is 0. The second-order valence-electron chi connectivity index (χ2n) is 37.7. The summed E-state index contributed by atoms with van der Waals surface area (Å²) in [4.78, 5) is 30.9. The van der Waals surface area contributed by atoms with Crippen LogP contribution in [-0.4, -0.2) is 29.9 Å². The molecule has 0 N–H and O–H groups in total. The lowest BCUT2D eigenvalue weighted by molar-refractivity contribution is 0.670. The van der Waals surface area contributed by atoms with E-state index in [2.05, 4.69) is 485 Å². The summed E-state index contributed by atoms with van der Waals surface area (Å²) < 4.78 is 20.4. The van der Waals surface area contributed by atoms with Crippen LogP contribution < -0.4 is 0 Å². The van der Waals surface area contributed by atoms with E-state index in [1.807, 2.05) is 24.7 Å². The number of para-hydroxylation sites is 2. The summed E-state index contributed by atoms with van der Waals surface area (Å²) in [5.41, 5.74) is 36.3. The highest BCUT2D eigenvalue weighted by atomic mass is 16.3. The van der Waals surface area contributed by atoms with Crippen molar-refractivity contribution in [1.82, 2.24) is 29.9 Å². The average molecular weight is 1870 g/mol. The molecule has 0 aliphatic carbocycles. The SMILES string of the molecule is c1ccc(-c2cc(-c3ccccc3)c3oc4c(-c5cccc(-c6cnc7c8ccccc8c8ccccc8c7n6)c5)cc(-c5ccccc5)cc4c3c2)cc1.c1ccc(-c2ccc3oc4c(-c5cccc(-c6cnc7c8ccccc8c8ccccc8c7n6)c5)cc(-c5ccccc5)cc4c3c2)cc1.c1ccc(-c2cccc3c2oc2c(-c4cccc(-c5cnc6c7ccccc7c7ccccc7c6n5)c4)cccc23)cc1. The van der Waals surface area contributed by atoms with E-state index in [-0.39, 0.29) is 0 Å². The first-order valence-electron chi connectivity index (χ1n) is 49.7. The minimum absolute atomic E-state index is 0.828. The predicted molar refractivity (Wildman–Crippen MR) is 611 cm³/mol. The van der Waals surface area contributed by atoms with Crippen molar-refractivity contribution in [2.45, 2.75) is 0 Å². The lowest BCUT2D eigenvalue weighted by Gasteiger charge is -2.12. The van der Waals surface area contributed by atoms with E-state index < -0.39 is 0 Å². The zero-order valence-corrected chi connectivity index (χ0v) is 79.4. The van der Waals surface area contributed by atoms with Gasteiger partial charge in [-0.25, -0.2) is 15.0 Å². The third kappa shape index (κ3) is 15.0. The van der Waals surface area contributed by atoms with E-state index >= 15 is 0 Å². The van der Waals surface area contributed by atoms with Gasteiger partial charge in [0.05, 0.1) is 68.8 Å². The normalized spacial score (nSPS) is 11.7. The van der Waals surface area contributed by atoms with Crippen molar-refractivity contribution >= 4 is 164 Å². The lowest BCUT2D eigenvalue weighted by atomic mass is 9.92.